The first-order valence-corrected chi connectivity index (χ1v) is 10.2. The lowest BCUT2D eigenvalue weighted by Gasteiger charge is -2.40. The van der Waals surface area contributed by atoms with E-state index in [-0.39, 0.29) is 30.0 Å². The summed E-state index contributed by atoms with van der Waals surface area (Å²) in [7, 11) is 1.61. The van der Waals surface area contributed by atoms with Gasteiger partial charge < -0.3 is 20.3 Å². The fraction of sp³-hybridized carbons (Fsp3) is 0.700. The Kier molecular flexibility index (Phi) is 7.78. The second-order valence-corrected chi connectivity index (χ2v) is 7.96. The van der Waals surface area contributed by atoms with E-state index in [2.05, 4.69) is 29.6 Å². The van der Waals surface area contributed by atoms with Crippen molar-refractivity contribution in [2.45, 2.75) is 52.6 Å². The highest BCUT2D eigenvalue weighted by molar-refractivity contribution is 6.01. The Labute approximate surface area is 172 Å². The molecule has 29 heavy (non-hydrogen) atoms. The number of fused-ring (bicyclic) bond motifs is 1. The summed E-state index contributed by atoms with van der Waals surface area (Å²) in [6.45, 7) is 10.2. The van der Waals surface area contributed by atoms with Crippen molar-refractivity contribution < 1.29 is 19.1 Å². The Morgan fingerprint density at radius 3 is 2.69 bits per heavy atom. The van der Waals surface area contributed by atoms with Gasteiger partial charge >= 0.3 is 0 Å². The number of hydrogen-bond acceptors (Lipinski definition) is 5. The van der Waals surface area contributed by atoms with Crippen LogP contribution >= 0.6 is 0 Å². The third-order valence-corrected chi connectivity index (χ3v) is 5.19. The van der Waals surface area contributed by atoms with Crippen molar-refractivity contribution in [2.24, 2.45) is 5.92 Å². The SMILES string of the molecule is CCOCCCNC(=O)c1cc2n(n1)C[C@](C)(C(=O)NCCC(C)C)N(C)C2=O. The molecule has 0 radical (unpaired) electrons. The van der Waals surface area contributed by atoms with Crippen molar-refractivity contribution in [3.05, 3.63) is 17.5 Å². The molecule has 1 aromatic rings. The Hall–Kier alpha value is -2.42. The molecule has 0 aromatic carbocycles. The van der Waals surface area contributed by atoms with E-state index in [0.29, 0.717) is 44.3 Å². The Bertz CT molecular complexity index is 745. The van der Waals surface area contributed by atoms with Crippen molar-refractivity contribution in [1.82, 2.24) is 25.3 Å². The Morgan fingerprint density at radius 2 is 2.03 bits per heavy atom. The van der Waals surface area contributed by atoms with Crippen LogP contribution in [0.2, 0.25) is 0 Å². The number of nitrogens with zero attached hydrogens (tertiary/aromatic N) is 3. The molecule has 2 rings (SSSR count). The van der Waals surface area contributed by atoms with Gasteiger partial charge in [0, 0.05) is 39.4 Å². The van der Waals surface area contributed by atoms with Gasteiger partial charge in [-0.15, -0.1) is 0 Å². The molecule has 1 atom stereocenters. The van der Waals surface area contributed by atoms with Crippen molar-refractivity contribution in [3.63, 3.8) is 0 Å². The summed E-state index contributed by atoms with van der Waals surface area (Å²) in [5.41, 5.74) is -0.597. The van der Waals surface area contributed by atoms with Crippen LogP contribution in [0.3, 0.4) is 0 Å². The summed E-state index contributed by atoms with van der Waals surface area (Å²) in [6, 6.07) is 1.48. The maximum Gasteiger partial charge on any atom is 0.272 e. The average Bonchev–Trinajstić information content (AvgIpc) is 3.09. The monoisotopic (exact) mass is 407 g/mol. The number of likely N-dealkylation sites (N-methyl/N-ethyl adjacent to an activating group) is 1. The molecule has 0 saturated heterocycles. The van der Waals surface area contributed by atoms with Gasteiger partial charge in [0.15, 0.2) is 5.69 Å². The first kappa shape index (κ1) is 22.9. The van der Waals surface area contributed by atoms with Gasteiger partial charge in [0.05, 0.1) is 6.54 Å². The molecule has 2 heterocycles. The predicted molar refractivity (Wildman–Crippen MR) is 109 cm³/mol. The zero-order chi connectivity index (χ0) is 21.6. The third-order valence-electron chi connectivity index (χ3n) is 5.19. The second-order valence-electron chi connectivity index (χ2n) is 7.96. The Morgan fingerprint density at radius 1 is 1.31 bits per heavy atom. The molecule has 2 N–H and O–H groups in total. The number of ether oxygens (including phenoxy) is 1. The van der Waals surface area contributed by atoms with E-state index in [0.717, 1.165) is 6.42 Å². The minimum absolute atomic E-state index is 0.169. The van der Waals surface area contributed by atoms with Crippen LogP contribution < -0.4 is 10.6 Å². The molecule has 0 bridgehead atoms. The minimum atomic E-state index is -1.07. The summed E-state index contributed by atoms with van der Waals surface area (Å²) < 4.78 is 6.70. The molecular weight excluding hydrogens is 374 g/mol. The fourth-order valence-electron chi connectivity index (χ4n) is 3.11. The van der Waals surface area contributed by atoms with Crippen LogP contribution in [0.1, 0.15) is 61.5 Å². The van der Waals surface area contributed by atoms with Gasteiger partial charge in [-0.3, -0.25) is 19.1 Å². The van der Waals surface area contributed by atoms with E-state index in [4.69, 9.17) is 4.74 Å². The van der Waals surface area contributed by atoms with Crippen LogP contribution in [0.15, 0.2) is 6.07 Å². The van der Waals surface area contributed by atoms with Gasteiger partial charge in [-0.05, 0) is 32.6 Å². The van der Waals surface area contributed by atoms with Gasteiger partial charge in [-0.2, -0.15) is 5.10 Å². The molecule has 0 aliphatic carbocycles. The number of carbonyl (C=O) groups excluding carboxylic acids is 3. The van der Waals surface area contributed by atoms with Gasteiger partial charge in [0.2, 0.25) is 5.91 Å². The molecule has 0 fully saturated rings. The minimum Gasteiger partial charge on any atom is -0.382 e. The molecule has 0 spiro atoms. The van der Waals surface area contributed by atoms with Crippen LogP contribution in [0, 0.1) is 5.92 Å². The predicted octanol–water partition coefficient (Wildman–Crippen LogP) is 1.05. The third kappa shape index (κ3) is 5.35. The average molecular weight is 408 g/mol. The van der Waals surface area contributed by atoms with Crippen LogP contribution in [0.4, 0.5) is 0 Å². The lowest BCUT2D eigenvalue weighted by Crippen LogP contribution is -2.62. The van der Waals surface area contributed by atoms with Gasteiger partial charge in [-0.25, -0.2) is 0 Å². The largest absolute Gasteiger partial charge is 0.382 e. The van der Waals surface area contributed by atoms with E-state index >= 15 is 0 Å². The van der Waals surface area contributed by atoms with Crippen molar-refractivity contribution in [2.75, 3.05) is 33.4 Å². The van der Waals surface area contributed by atoms with Crippen LogP contribution in [0.5, 0.6) is 0 Å². The summed E-state index contributed by atoms with van der Waals surface area (Å²) in [5.74, 6) is -0.430. The summed E-state index contributed by atoms with van der Waals surface area (Å²) >= 11 is 0. The zero-order valence-electron chi connectivity index (χ0n) is 18.1. The van der Waals surface area contributed by atoms with E-state index in [1.165, 1.54) is 15.6 Å². The summed E-state index contributed by atoms with van der Waals surface area (Å²) in [4.78, 5) is 39.4. The number of nitrogens with one attached hydrogen (secondary N) is 2. The van der Waals surface area contributed by atoms with Crippen molar-refractivity contribution in [3.8, 4) is 0 Å². The Balaban J connectivity index is 2.07. The number of rotatable bonds is 10. The zero-order valence-corrected chi connectivity index (χ0v) is 18.1. The first-order valence-electron chi connectivity index (χ1n) is 10.2. The quantitative estimate of drug-likeness (QED) is 0.564. The second kappa shape index (κ2) is 9.87. The fourth-order valence-corrected chi connectivity index (χ4v) is 3.11. The highest BCUT2D eigenvalue weighted by Gasteiger charge is 2.46. The molecule has 0 unspecified atom stereocenters. The molecule has 9 nitrogen and oxygen atoms in total. The van der Waals surface area contributed by atoms with Crippen LogP contribution in [-0.4, -0.2) is 71.3 Å². The van der Waals surface area contributed by atoms with E-state index in [1.807, 2.05) is 6.92 Å². The number of amides is 3. The lowest BCUT2D eigenvalue weighted by atomic mass is 9.95. The maximum atomic E-state index is 12.8. The lowest BCUT2D eigenvalue weighted by molar-refractivity contribution is -0.132. The first-order chi connectivity index (χ1) is 13.7. The summed E-state index contributed by atoms with van der Waals surface area (Å²) in [6.07, 6.45) is 1.56. The number of carbonyl (C=O) groups is 3. The smallest absolute Gasteiger partial charge is 0.272 e. The van der Waals surface area contributed by atoms with E-state index in [1.54, 1.807) is 14.0 Å². The van der Waals surface area contributed by atoms with Gasteiger partial charge in [0.25, 0.3) is 11.8 Å². The van der Waals surface area contributed by atoms with E-state index < -0.39 is 5.54 Å². The van der Waals surface area contributed by atoms with Gasteiger partial charge in [-0.1, -0.05) is 13.8 Å². The van der Waals surface area contributed by atoms with Crippen LogP contribution in [0.25, 0.3) is 0 Å². The number of hydrogen-bond donors (Lipinski definition) is 2. The molecule has 162 valence electrons. The molecule has 1 aliphatic rings. The molecular formula is C20H33N5O4. The highest BCUT2D eigenvalue weighted by Crippen LogP contribution is 2.26. The van der Waals surface area contributed by atoms with E-state index in [9.17, 15) is 14.4 Å². The molecule has 9 heteroatoms. The number of aromatic nitrogens is 2. The molecule has 0 saturated carbocycles. The normalized spacial score (nSPS) is 18.7. The van der Waals surface area contributed by atoms with Crippen molar-refractivity contribution in [1.29, 1.82) is 0 Å². The molecule has 1 aromatic heterocycles. The van der Waals surface area contributed by atoms with Crippen molar-refractivity contribution >= 4 is 17.7 Å². The summed E-state index contributed by atoms with van der Waals surface area (Å²) in [5, 5.41) is 9.97. The highest BCUT2D eigenvalue weighted by atomic mass is 16.5. The topological polar surface area (TPSA) is 106 Å². The standard InChI is InChI=1S/C20H33N5O4/c1-6-29-11-7-9-21-17(26)15-12-16-18(27)24(5)20(4,13-25(16)23-15)19(28)22-10-8-14(2)3/h12,14H,6-11,13H2,1-5H3,(H,21,26)(H,22,28)/t20-/m1/s1. The molecule has 1 aliphatic heterocycles. The maximum absolute atomic E-state index is 12.8. The van der Waals surface area contributed by atoms with Gasteiger partial charge in [0.1, 0.15) is 11.2 Å². The van der Waals surface area contributed by atoms with Crippen LogP contribution in [-0.2, 0) is 16.1 Å². The molecule has 3 amide bonds.